The Morgan fingerprint density at radius 3 is 3.28 bits per heavy atom. The summed E-state index contributed by atoms with van der Waals surface area (Å²) in [7, 11) is 1.58. The smallest absolute Gasteiger partial charge is 0.224 e. The second kappa shape index (κ2) is 6.35. The minimum atomic E-state index is 0.0995. The van der Waals surface area contributed by atoms with Crippen molar-refractivity contribution < 1.29 is 9.53 Å². The van der Waals surface area contributed by atoms with Crippen LogP contribution in [0.3, 0.4) is 0 Å². The Kier molecular flexibility index (Phi) is 4.52. The number of aromatic nitrogens is 1. The number of pyridine rings is 1. The lowest BCUT2D eigenvalue weighted by atomic mass is 9.99. The van der Waals surface area contributed by atoms with Gasteiger partial charge in [0, 0.05) is 25.4 Å². The SMILES string of the molecule is COc1cc(CNC(=O)[C@H]2CCCNC2)ccn1. The van der Waals surface area contributed by atoms with Crippen LogP contribution in [0.2, 0.25) is 0 Å². The van der Waals surface area contributed by atoms with E-state index < -0.39 is 0 Å². The molecule has 1 fully saturated rings. The first kappa shape index (κ1) is 12.8. The summed E-state index contributed by atoms with van der Waals surface area (Å²) >= 11 is 0. The number of nitrogens with one attached hydrogen (secondary N) is 2. The minimum absolute atomic E-state index is 0.0995. The lowest BCUT2D eigenvalue weighted by Gasteiger charge is -2.21. The van der Waals surface area contributed by atoms with E-state index in [0.717, 1.165) is 31.5 Å². The fourth-order valence-electron chi connectivity index (χ4n) is 2.08. The first-order valence-electron chi connectivity index (χ1n) is 6.27. The summed E-state index contributed by atoms with van der Waals surface area (Å²) in [5.41, 5.74) is 0.999. The third kappa shape index (κ3) is 3.43. The van der Waals surface area contributed by atoms with Gasteiger partial charge >= 0.3 is 0 Å². The predicted molar refractivity (Wildman–Crippen MR) is 68.2 cm³/mol. The maximum Gasteiger partial charge on any atom is 0.224 e. The molecule has 0 radical (unpaired) electrons. The standard InChI is InChI=1S/C13H19N3O2/c1-18-12-7-10(4-6-15-12)8-16-13(17)11-3-2-5-14-9-11/h4,6-7,11,14H,2-3,5,8-9H2,1H3,(H,16,17)/t11-/m0/s1. The quantitative estimate of drug-likeness (QED) is 0.825. The predicted octanol–water partition coefficient (Wildman–Crippen LogP) is 0.706. The third-order valence-corrected chi connectivity index (χ3v) is 3.14. The number of carbonyl (C=O) groups excluding carboxylic acids is 1. The van der Waals surface area contributed by atoms with Gasteiger partial charge in [0.1, 0.15) is 0 Å². The molecule has 1 aromatic heterocycles. The first-order chi connectivity index (χ1) is 8.79. The zero-order valence-corrected chi connectivity index (χ0v) is 10.6. The molecule has 2 heterocycles. The summed E-state index contributed by atoms with van der Waals surface area (Å²) in [5.74, 6) is 0.793. The molecular formula is C13H19N3O2. The van der Waals surface area contributed by atoms with Crippen LogP contribution in [-0.2, 0) is 11.3 Å². The van der Waals surface area contributed by atoms with Crippen molar-refractivity contribution in [3.63, 3.8) is 0 Å². The van der Waals surface area contributed by atoms with Gasteiger partial charge < -0.3 is 15.4 Å². The van der Waals surface area contributed by atoms with Gasteiger partial charge in [-0.3, -0.25) is 4.79 Å². The lowest BCUT2D eigenvalue weighted by Crippen LogP contribution is -2.40. The average Bonchev–Trinajstić information content (AvgIpc) is 2.46. The van der Waals surface area contributed by atoms with E-state index in [-0.39, 0.29) is 11.8 Å². The Labute approximate surface area is 107 Å². The number of hydrogen-bond acceptors (Lipinski definition) is 4. The Hall–Kier alpha value is -1.62. The van der Waals surface area contributed by atoms with Crippen LogP contribution in [0.15, 0.2) is 18.3 Å². The molecule has 18 heavy (non-hydrogen) atoms. The summed E-state index contributed by atoms with van der Waals surface area (Å²) in [6, 6.07) is 3.71. The largest absolute Gasteiger partial charge is 0.481 e. The van der Waals surface area contributed by atoms with Crippen LogP contribution >= 0.6 is 0 Å². The van der Waals surface area contributed by atoms with E-state index in [1.807, 2.05) is 12.1 Å². The maximum atomic E-state index is 11.9. The summed E-state index contributed by atoms with van der Waals surface area (Å²) in [5, 5.41) is 6.20. The topological polar surface area (TPSA) is 63.2 Å². The Morgan fingerprint density at radius 1 is 1.67 bits per heavy atom. The fourth-order valence-corrected chi connectivity index (χ4v) is 2.08. The van der Waals surface area contributed by atoms with E-state index in [2.05, 4.69) is 15.6 Å². The zero-order chi connectivity index (χ0) is 12.8. The van der Waals surface area contributed by atoms with E-state index in [9.17, 15) is 4.79 Å². The van der Waals surface area contributed by atoms with Gasteiger partial charge in [0.15, 0.2) is 0 Å². The molecule has 0 bridgehead atoms. The lowest BCUT2D eigenvalue weighted by molar-refractivity contribution is -0.125. The van der Waals surface area contributed by atoms with Crippen molar-refractivity contribution in [3.05, 3.63) is 23.9 Å². The molecule has 0 saturated carbocycles. The van der Waals surface area contributed by atoms with E-state index in [4.69, 9.17) is 4.74 Å². The van der Waals surface area contributed by atoms with Crippen molar-refractivity contribution in [3.8, 4) is 5.88 Å². The van der Waals surface area contributed by atoms with Crippen molar-refractivity contribution in [2.24, 2.45) is 5.92 Å². The Balaban J connectivity index is 1.84. The van der Waals surface area contributed by atoms with Crippen molar-refractivity contribution in [2.45, 2.75) is 19.4 Å². The molecule has 0 aliphatic carbocycles. The molecule has 0 unspecified atom stereocenters. The number of ether oxygens (including phenoxy) is 1. The highest BCUT2D eigenvalue weighted by Gasteiger charge is 2.20. The number of nitrogens with zero attached hydrogens (tertiary/aromatic N) is 1. The second-order valence-corrected chi connectivity index (χ2v) is 4.47. The van der Waals surface area contributed by atoms with E-state index in [1.165, 1.54) is 0 Å². The monoisotopic (exact) mass is 249 g/mol. The van der Waals surface area contributed by atoms with Crippen molar-refractivity contribution in [1.29, 1.82) is 0 Å². The summed E-state index contributed by atoms with van der Waals surface area (Å²) in [4.78, 5) is 16.0. The number of carbonyl (C=O) groups is 1. The van der Waals surface area contributed by atoms with Crippen LogP contribution in [-0.4, -0.2) is 31.1 Å². The minimum Gasteiger partial charge on any atom is -0.481 e. The molecule has 98 valence electrons. The van der Waals surface area contributed by atoms with Crippen LogP contribution in [0.25, 0.3) is 0 Å². The molecule has 5 nitrogen and oxygen atoms in total. The average molecular weight is 249 g/mol. The van der Waals surface area contributed by atoms with E-state index in [1.54, 1.807) is 13.3 Å². The van der Waals surface area contributed by atoms with E-state index in [0.29, 0.717) is 12.4 Å². The highest BCUT2D eigenvalue weighted by molar-refractivity contribution is 5.78. The number of piperidine rings is 1. The fraction of sp³-hybridized carbons (Fsp3) is 0.538. The molecular weight excluding hydrogens is 230 g/mol. The number of amides is 1. The molecule has 1 amide bonds. The molecule has 1 saturated heterocycles. The van der Waals surface area contributed by atoms with Crippen LogP contribution in [0.1, 0.15) is 18.4 Å². The second-order valence-electron chi connectivity index (χ2n) is 4.47. The Morgan fingerprint density at radius 2 is 2.56 bits per heavy atom. The number of methoxy groups -OCH3 is 1. The summed E-state index contributed by atoms with van der Waals surface area (Å²) in [6.45, 7) is 2.32. The highest BCUT2D eigenvalue weighted by Crippen LogP contribution is 2.11. The van der Waals surface area contributed by atoms with Gasteiger partial charge in [0.05, 0.1) is 13.0 Å². The summed E-state index contributed by atoms with van der Waals surface area (Å²) in [6.07, 6.45) is 3.72. The maximum absolute atomic E-state index is 11.9. The van der Waals surface area contributed by atoms with E-state index >= 15 is 0 Å². The van der Waals surface area contributed by atoms with Crippen LogP contribution in [0.5, 0.6) is 5.88 Å². The molecule has 5 heteroatoms. The molecule has 1 aliphatic rings. The molecule has 0 spiro atoms. The third-order valence-electron chi connectivity index (χ3n) is 3.14. The molecule has 1 aliphatic heterocycles. The number of hydrogen-bond donors (Lipinski definition) is 2. The van der Waals surface area contributed by atoms with Gasteiger partial charge in [-0.05, 0) is 31.0 Å². The molecule has 1 atom stereocenters. The summed E-state index contributed by atoms with van der Waals surface area (Å²) < 4.78 is 5.04. The van der Waals surface area contributed by atoms with Crippen LogP contribution in [0, 0.1) is 5.92 Å². The first-order valence-corrected chi connectivity index (χ1v) is 6.27. The van der Waals surface area contributed by atoms with Gasteiger partial charge in [-0.1, -0.05) is 0 Å². The van der Waals surface area contributed by atoms with Gasteiger partial charge in [0.2, 0.25) is 11.8 Å². The van der Waals surface area contributed by atoms with Crippen molar-refractivity contribution in [2.75, 3.05) is 20.2 Å². The molecule has 2 rings (SSSR count). The van der Waals surface area contributed by atoms with Gasteiger partial charge in [-0.25, -0.2) is 4.98 Å². The van der Waals surface area contributed by atoms with Crippen LogP contribution in [0.4, 0.5) is 0 Å². The van der Waals surface area contributed by atoms with Crippen molar-refractivity contribution >= 4 is 5.91 Å². The molecule has 0 aromatic carbocycles. The normalized spacial score (nSPS) is 19.3. The number of rotatable bonds is 4. The van der Waals surface area contributed by atoms with Gasteiger partial charge in [0.25, 0.3) is 0 Å². The molecule has 1 aromatic rings. The molecule has 2 N–H and O–H groups in total. The van der Waals surface area contributed by atoms with Crippen molar-refractivity contribution in [1.82, 2.24) is 15.6 Å². The van der Waals surface area contributed by atoms with Crippen LogP contribution < -0.4 is 15.4 Å². The van der Waals surface area contributed by atoms with Gasteiger partial charge in [-0.2, -0.15) is 0 Å². The zero-order valence-electron chi connectivity index (χ0n) is 10.6. The highest BCUT2D eigenvalue weighted by atomic mass is 16.5. The Bertz CT molecular complexity index is 403. The van der Waals surface area contributed by atoms with Gasteiger partial charge in [-0.15, -0.1) is 0 Å².